The zero-order valence-corrected chi connectivity index (χ0v) is 7.56. The summed E-state index contributed by atoms with van der Waals surface area (Å²) in [6.45, 7) is 1.79. The third kappa shape index (κ3) is 4.28. The van der Waals surface area contributed by atoms with Crippen molar-refractivity contribution in [2.24, 2.45) is 36.6 Å². The number of hydrogen-bond donors (Lipinski definition) is 0. The fourth-order valence-electron chi connectivity index (χ4n) is 1.11. The van der Waals surface area contributed by atoms with E-state index in [2.05, 4.69) is 36.6 Å². The van der Waals surface area contributed by atoms with Gasteiger partial charge in [-0.3, -0.25) is 10.2 Å². The Labute approximate surface area is 80.4 Å². The van der Waals surface area contributed by atoms with Gasteiger partial charge in [0.25, 0.3) is 0 Å². The Hall–Kier alpha value is -1.80. The molecule has 0 radical (unpaired) electrons. The Morgan fingerprint density at radius 3 is 2.14 bits per heavy atom. The molecule has 1 fully saturated rings. The van der Waals surface area contributed by atoms with Gasteiger partial charge in [-0.05, 0) is 40.2 Å². The maximum atomic E-state index is 7.83. The monoisotopic (exact) mass is 196 g/mol. The van der Waals surface area contributed by atoms with Gasteiger partial charge in [0.2, 0.25) is 0 Å². The molecule has 1 heterocycles. The number of nitrogens with zero attached hydrogens (tertiary/aromatic N) is 9. The van der Waals surface area contributed by atoms with Crippen molar-refractivity contribution in [2.75, 3.05) is 13.1 Å². The minimum absolute atomic E-state index is 0.895. The van der Waals surface area contributed by atoms with Crippen LogP contribution in [0, 0.1) is 0 Å². The first-order valence-electron chi connectivity index (χ1n) is 4.23. The lowest BCUT2D eigenvalue weighted by atomic mass is 10.2. The van der Waals surface area contributed by atoms with Gasteiger partial charge in [-0.15, -0.1) is 5.22 Å². The van der Waals surface area contributed by atoms with E-state index in [1.54, 1.807) is 0 Å². The molecule has 0 unspecified atom stereocenters. The molecule has 1 aliphatic heterocycles. The molecule has 0 aromatic rings. The van der Waals surface area contributed by atoms with Crippen LogP contribution in [0.1, 0.15) is 19.3 Å². The van der Waals surface area contributed by atoms with Crippen LogP contribution in [0.2, 0.25) is 0 Å². The number of piperidine rings is 1. The van der Waals surface area contributed by atoms with E-state index in [9.17, 15) is 0 Å². The molecule has 0 bridgehead atoms. The maximum absolute atomic E-state index is 7.83. The van der Waals surface area contributed by atoms with Crippen molar-refractivity contribution in [3.63, 3.8) is 0 Å². The zero-order chi connectivity index (χ0) is 10.1. The lowest BCUT2D eigenvalue weighted by Gasteiger charge is -2.20. The van der Waals surface area contributed by atoms with Crippen molar-refractivity contribution in [2.45, 2.75) is 19.3 Å². The van der Waals surface area contributed by atoms with Crippen LogP contribution in [0.5, 0.6) is 0 Å². The van der Waals surface area contributed by atoms with Crippen molar-refractivity contribution in [1.29, 1.82) is 0 Å². The first-order chi connectivity index (χ1) is 6.93. The second kappa shape index (κ2) is 6.69. The molecule has 0 aliphatic carbocycles. The van der Waals surface area contributed by atoms with Crippen molar-refractivity contribution in [3.05, 3.63) is 5.53 Å². The molecule has 0 aromatic carbocycles. The Kier molecular flexibility index (Phi) is 4.91. The van der Waals surface area contributed by atoms with Crippen molar-refractivity contribution in [1.82, 2.24) is 5.01 Å². The first-order valence-corrected chi connectivity index (χ1v) is 4.23. The predicted octanol–water partition coefficient (Wildman–Crippen LogP) is 2.51. The van der Waals surface area contributed by atoms with Gasteiger partial charge in [0.1, 0.15) is 0 Å². The van der Waals surface area contributed by atoms with E-state index in [1.807, 2.05) is 5.01 Å². The van der Waals surface area contributed by atoms with Gasteiger partial charge in [0.05, 0.1) is 0 Å². The summed E-state index contributed by atoms with van der Waals surface area (Å²) in [4.78, 5) is 0. The smallest absolute Gasteiger partial charge is 0.0377 e. The van der Waals surface area contributed by atoms with Crippen molar-refractivity contribution >= 4 is 0 Å². The van der Waals surface area contributed by atoms with Crippen LogP contribution in [0.15, 0.2) is 36.6 Å². The highest BCUT2D eigenvalue weighted by atomic mass is 15.7. The SMILES string of the molecule is [N-]=N/N=N/N=N/N=N/N1CCCCC1. The van der Waals surface area contributed by atoms with E-state index in [1.165, 1.54) is 6.42 Å². The molecule has 9 heteroatoms. The summed E-state index contributed by atoms with van der Waals surface area (Å²) < 4.78 is 0. The van der Waals surface area contributed by atoms with Gasteiger partial charge in [0, 0.05) is 13.1 Å². The summed E-state index contributed by atoms with van der Waals surface area (Å²) >= 11 is 0. The molecule has 0 atom stereocenters. The molecule has 1 rings (SSSR count). The molecular weight excluding hydrogens is 186 g/mol. The summed E-state index contributed by atoms with van der Waals surface area (Å²) in [6, 6.07) is 0. The fourth-order valence-corrected chi connectivity index (χ4v) is 1.11. The Bertz CT molecular complexity index is 238. The van der Waals surface area contributed by atoms with Gasteiger partial charge >= 0.3 is 0 Å². The van der Waals surface area contributed by atoms with Crippen LogP contribution in [0.4, 0.5) is 0 Å². The molecule has 0 N–H and O–H groups in total. The normalized spacial score (nSPS) is 18.7. The highest BCUT2D eigenvalue weighted by molar-refractivity contribution is 4.58. The van der Waals surface area contributed by atoms with E-state index in [4.69, 9.17) is 5.53 Å². The number of rotatable bonds is 4. The highest BCUT2D eigenvalue weighted by Gasteiger charge is 2.06. The lowest BCUT2D eigenvalue weighted by molar-refractivity contribution is 0.220. The van der Waals surface area contributed by atoms with E-state index < -0.39 is 0 Å². The molecule has 76 valence electrons. The van der Waals surface area contributed by atoms with E-state index in [0.717, 1.165) is 25.9 Å². The Balaban J connectivity index is 2.21. The summed E-state index contributed by atoms with van der Waals surface area (Å²) in [7, 11) is 0. The molecule has 14 heavy (non-hydrogen) atoms. The molecule has 0 saturated carbocycles. The van der Waals surface area contributed by atoms with Gasteiger partial charge in [-0.1, -0.05) is 0 Å². The quantitative estimate of drug-likeness (QED) is 0.499. The van der Waals surface area contributed by atoms with Gasteiger partial charge in [-0.25, -0.2) is 5.22 Å². The third-order valence-corrected chi connectivity index (χ3v) is 1.70. The van der Waals surface area contributed by atoms with Crippen LogP contribution in [-0.2, 0) is 0 Å². The van der Waals surface area contributed by atoms with Crippen LogP contribution in [0.25, 0.3) is 5.53 Å². The maximum Gasteiger partial charge on any atom is 0.0377 e. The summed E-state index contributed by atoms with van der Waals surface area (Å²) in [5.41, 5.74) is 7.83. The van der Waals surface area contributed by atoms with Crippen LogP contribution in [0.3, 0.4) is 0 Å². The standard InChI is InChI=1S/C5H10N9/c6-7-8-9-10-11-12-13-14-4-2-1-3-5-14/h1-5H2/q-1/b9-8+,11-10+,13-12+. The average molecular weight is 196 g/mol. The molecule has 9 nitrogen and oxygen atoms in total. The van der Waals surface area contributed by atoms with Crippen molar-refractivity contribution in [3.8, 4) is 0 Å². The minimum atomic E-state index is 0.895. The zero-order valence-electron chi connectivity index (χ0n) is 7.56. The Morgan fingerprint density at radius 2 is 1.43 bits per heavy atom. The van der Waals surface area contributed by atoms with E-state index >= 15 is 0 Å². The largest absolute Gasteiger partial charge is 0.360 e. The summed E-state index contributed by atoms with van der Waals surface area (Å²) in [6.07, 6.45) is 3.48. The third-order valence-electron chi connectivity index (χ3n) is 1.70. The van der Waals surface area contributed by atoms with Crippen molar-refractivity contribution < 1.29 is 0 Å². The highest BCUT2D eigenvalue weighted by Crippen LogP contribution is 2.08. The predicted molar refractivity (Wildman–Crippen MR) is 45.8 cm³/mol. The molecular formula is C5H10N9-. The van der Waals surface area contributed by atoms with Gasteiger partial charge in [0.15, 0.2) is 0 Å². The molecule has 1 saturated heterocycles. The Morgan fingerprint density at radius 1 is 0.786 bits per heavy atom. The fraction of sp³-hybridized carbons (Fsp3) is 1.00. The molecule has 0 aromatic heterocycles. The average Bonchev–Trinajstić information content (AvgIpc) is 2.25. The molecule has 0 spiro atoms. The van der Waals surface area contributed by atoms with E-state index in [0.29, 0.717) is 0 Å². The summed E-state index contributed by atoms with van der Waals surface area (Å²) in [5.74, 6) is 0. The second-order valence-corrected chi connectivity index (χ2v) is 2.64. The number of hydrogen-bond acceptors (Lipinski definition) is 1. The minimum Gasteiger partial charge on any atom is -0.360 e. The lowest BCUT2D eigenvalue weighted by Crippen LogP contribution is -2.23. The topological polar surface area (TPSA) is 112 Å². The second-order valence-electron chi connectivity index (χ2n) is 2.64. The van der Waals surface area contributed by atoms with Crippen LogP contribution >= 0.6 is 0 Å². The molecule has 1 aliphatic rings. The van der Waals surface area contributed by atoms with E-state index in [-0.39, 0.29) is 0 Å². The first kappa shape index (κ1) is 10.3. The summed E-state index contributed by atoms with van der Waals surface area (Å²) in [5, 5.41) is 23.4. The van der Waals surface area contributed by atoms with Gasteiger partial charge in [-0.2, -0.15) is 0 Å². The van der Waals surface area contributed by atoms with Crippen LogP contribution in [-0.4, -0.2) is 18.1 Å². The van der Waals surface area contributed by atoms with Gasteiger partial charge < -0.3 is 5.53 Å². The van der Waals surface area contributed by atoms with Crippen LogP contribution < -0.4 is 0 Å². The molecule has 0 amide bonds.